The Balaban J connectivity index is 2.07. The normalized spacial score (nSPS) is 17.2. The van der Waals surface area contributed by atoms with Crippen molar-refractivity contribution in [2.75, 3.05) is 13.2 Å². The van der Waals surface area contributed by atoms with Gasteiger partial charge in [0.1, 0.15) is 0 Å². The molecule has 0 saturated heterocycles. The molecule has 0 radical (unpaired) electrons. The zero-order valence-corrected chi connectivity index (χ0v) is 14.4. The molecule has 0 bridgehead atoms. The third kappa shape index (κ3) is 4.85. The molecule has 0 aromatic heterocycles. The summed E-state index contributed by atoms with van der Waals surface area (Å²) in [5.41, 5.74) is 0. The molecule has 1 unspecified atom stereocenters. The van der Waals surface area contributed by atoms with Crippen molar-refractivity contribution in [2.45, 2.75) is 41.4 Å². The minimum absolute atomic E-state index is 0.0703. The number of amides is 1. The Hall–Kier alpha value is -1.79. The minimum Gasteiger partial charge on any atom is -0.480 e. The Morgan fingerprint density at radius 3 is 2.58 bits per heavy atom. The predicted octanol–water partition coefficient (Wildman–Crippen LogP) is 2.86. The Bertz CT molecular complexity index is 570. The summed E-state index contributed by atoms with van der Waals surface area (Å²) in [5, 5.41) is 12.0. The smallest absolute Gasteiger partial charge is 0.328 e. The van der Waals surface area contributed by atoms with Crippen LogP contribution in [0.4, 0.5) is 0 Å². The molecule has 1 atom stereocenters. The van der Waals surface area contributed by atoms with Crippen LogP contribution in [0.15, 0.2) is 47.9 Å². The van der Waals surface area contributed by atoms with E-state index in [2.05, 4.69) is 11.9 Å². The summed E-state index contributed by atoms with van der Waals surface area (Å²) in [6, 6.07) is 8.70. The molecule has 1 aromatic rings. The van der Waals surface area contributed by atoms with Crippen LogP contribution in [0.2, 0.25) is 0 Å². The lowest BCUT2D eigenvalue weighted by molar-refractivity contribution is -0.143. The van der Waals surface area contributed by atoms with Crippen molar-refractivity contribution >= 4 is 23.6 Å². The molecule has 2 N–H and O–H groups in total. The fraction of sp³-hybridized carbons (Fsp3) is 0.444. The zero-order chi connectivity index (χ0) is 17.4. The van der Waals surface area contributed by atoms with E-state index in [1.807, 2.05) is 30.3 Å². The number of hydrogen-bond donors (Lipinski definition) is 2. The Morgan fingerprint density at radius 2 is 2.00 bits per heavy atom. The third-order valence-electron chi connectivity index (χ3n) is 4.01. The van der Waals surface area contributed by atoms with Crippen LogP contribution in [0.1, 0.15) is 25.7 Å². The van der Waals surface area contributed by atoms with Crippen LogP contribution in [0.5, 0.6) is 0 Å². The average molecular weight is 349 g/mol. The standard InChI is InChI=1S/C18H23NO4S/c1-2-12-23-13-15(16(20)21)19-17(22)18(10-6-7-11-18)24-14-8-4-3-5-9-14/h2-5,8-9,15H,1,6-7,10-13H2,(H,19,22)(H,20,21). The van der Waals surface area contributed by atoms with Gasteiger partial charge in [-0.3, -0.25) is 4.79 Å². The number of ether oxygens (including phenoxy) is 1. The number of carboxylic acids is 1. The molecular weight excluding hydrogens is 326 g/mol. The first-order valence-electron chi connectivity index (χ1n) is 8.04. The third-order valence-corrected chi connectivity index (χ3v) is 5.50. The van der Waals surface area contributed by atoms with E-state index in [4.69, 9.17) is 4.74 Å². The number of benzene rings is 1. The number of hydrogen-bond acceptors (Lipinski definition) is 4. The highest BCUT2D eigenvalue weighted by molar-refractivity contribution is 8.01. The summed E-state index contributed by atoms with van der Waals surface area (Å²) < 4.78 is 4.60. The second-order valence-electron chi connectivity index (χ2n) is 5.81. The van der Waals surface area contributed by atoms with Crippen molar-refractivity contribution in [1.82, 2.24) is 5.32 Å². The number of rotatable bonds is 9. The molecule has 1 aliphatic carbocycles. The fourth-order valence-electron chi connectivity index (χ4n) is 2.77. The summed E-state index contributed by atoms with van der Waals surface area (Å²) in [6.45, 7) is 3.70. The second-order valence-corrected chi connectivity index (χ2v) is 7.26. The molecule has 6 heteroatoms. The van der Waals surface area contributed by atoms with Crippen molar-refractivity contribution in [2.24, 2.45) is 0 Å². The van der Waals surface area contributed by atoms with Crippen LogP contribution < -0.4 is 5.32 Å². The number of thioether (sulfide) groups is 1. The maximum atomic E-state index is 12.8. The monoisotopic (exact) mass is 349 g/mol. The zero-order valence-electron chi connectivity index (χ0n) is 13.6. The van der Waals surface area contributed by atoms with E-state index in [1.54, 1.807) is 6.08 Å². The van der Waals surface area contributed by atoms with E-state index >= 15 is 0 Å². The first kappa shape index (κ1) is 18.5. The molecule has 24 heavy (non-hydrogen) atoms. The summed E-state index contributed by atoms with van der Waals surface area (Å²) in [4.78, 5) is 25.2. The van der Waals surface area contributed by atoms with Gasteiger partial charge in [0.25, 0.3) is 0 Å². The highest BCUT2D eigenvalue weighted by Gasteiger charge is 2.43. The highest BCUT2D eigenvalue weighted by atomic mass is 32.2. The lowest BCUT2D eigenvalue weighted by Crippen LogP contribution is -2.51. The van der Waals surface area contributed by atoms with Gasteiger partial charge in [0.15, 0.2) is 6.04 Å². The largest absolute Gasteiger partial charge is 0.480 e. The van der Waals surface area contributed by atoms with Crippen LogP contribution in [0.25, 0.3) is 0 Å². The lowest BCUT2D eigenvalue weighted by Gasteiger charge is -2.28. The minimum atomic E-state index is -1.09. The van der Waals surface area contributed by atoms with E-state index in [9.17, 15) is 14.7 Å². The van der Waals surface area contributed by atoms with Gasteiger partial charge in [-0.25, -0.2) is 4.79 Å². The lowest BCUT2D eigenvalue weighted by atomic mass is 10.1. The number of carboxylic acid groups (broad SMARTS) is 1. The average Bonchev–Trinajstić information content (AvgIpc) is 3.04. The van der Waals surface area contributed by atoms with Gasteiger partial charge in [-0.2, -0.15) is 0 Å². The van der Waals surface area contributed by atoms with E-state index in [0.29, 0.717) is 0 Å². The second kappa shape index (κ2) is 8.89. The molecule has 0 spiro atoms. The summed E-state index contributed by atoms with van der Waals surface area (Å²) in [5.74, 6) is -1.31. The van der Waals surface area contributed by atoms with Crippen LogP contribution in [0.3, 0.4) is 0 Å². The SMILES string of the molecule is C=CCOCC(NC(=O)C1(Sc2ccccc2)CCCC1)C(=O)O. The summed E-state index contributed by atoms with van der Waals surface area (Å²) in [6.07, 6.45) is 4.98. The van der Waals surface area contributed by atoms with Gasteiger partial charge >= 0.3 is 5.97 Å². The maximum absolute atomic E-state index is 12.8. The maximum Gasteiger partial charge on any atom is 0.328 e. The molecule has 1 fully saturated rings. The fourth-order valence-corrected chi connectivity index (χ4v) is 4.16. The molecule has 5 nitrogen and oxygen atoms in total. The molecular formula is C18H23NO4S. The predicted molar refractivity (Wildman–Crippen MR) is 94.1 cm³/mol. The highest BCUT2D eigenvalue weighted by Crippen LogP contribution is 2.45. The Kier molecular flexibility index (Phi) is 6.87. The molecule has 130 valence electrons. The molecule has 0 aliphatic heterocycles. The van der Waals surface area contributed by atoms with E-state index in [0.717, 1.165) is 30.6 Å². The van der Waals surface area contributed by atoms with Crippen molar-refractivity contribution < 1.29 is 19.4 Å². The van der Waals surface area contributed by atoms with Gasteiger partial charge in [0, 0.05) is 4.90 Å². The van der Waals surface area contributed by atoms with Crippen LogP contribution in [-0.4, -0.2) is 41.0 Å². The first-order chi connectivity index (χ1) is 11.6. The van der Waals surface area contributed by atoms with Crippen LogP contribution >= 0.6 is 11.8 Å². The van der Waals surface area contributed by atoms with Crippen molar-refractivity contribution in [3.63, 3.8) is 0 Å². The molecule has 1 aliphatic rings. The summed E-state index contributed by atoms with van der Waals surface area (Å²) >= 11 is 1.53. The van der Waals surface area contributed by atoms with Gasteiger partial charge in [0.05, 0.1) is 18.0 Å². The number of nitrogens with one attached hydrogen (secondary N) is 1. The van der Waals surface area contributed by atoms with Gasteiger partial charge in [-0.15, -0.1) is 18.3 Å². The number of carbonyl (C=O) groups excluding carboxylic acids is 1. The van der Waals surface area contributed by atoms with Gasteiger partial charge in [0.2, 0.25) is 5.91 Å². The van der Waals surface area contributed by atoms with Crippen molar-refractivity contribution in [3.05, 3.63) is 43.0 Å². The first-order valence-corrected chi connectivity index (χ1v) is 8.85. The van der Waals surface area contributed by atoms with Gasteiger partial charge < -0.3 is 15.2 Å². The Labute approximate surface area is 146 Å². The quantitative estimate of drug-likeness (QED) is 0.530. The molecule has 0 heterocycles. The van der Waals surface area contributed by atoms with Crippen molar-refractivity contribution in [1.29, 1.82) is 0 Å². The Morgan fingerprint density at radius 1 is 1.33 bits per heavy atom. The molecule has 2 rings (SSSR count). The molecule has 1 aromatic carbocycles. The molecule has 1 saturated carbocycles. The number of carbonyl (C=O) groups is 2. The summed E-state index contributed by atoms with van der Waals surface area (Å²) in [7, 11) is 0. The van der Waals surface area contributed by atoms with E-state index in [-0.39, 0.29) is 19.1 Å². The van der Waals surface area contributed by atoms with Crippen LogP contribution in [0, 0.1) is 0 Å². The van der Waals surface area contributed by atoms with Crippen molar-refractivity contribution in [3.8, 4) is 0 Å². The van der Waals surface area contributed by atoms with Crippen LogP contribution in [-0.2, 0) is 14.3 Å². The van der Waals surface area contributed by atoms with Gasteiger partial charge in [-0.05, 0) is 25.0 Å². The van der Waals surface area contributed by atoms with Gasteiger partial charge in [-0.1, -0.05) is 37.1 Å². The van der Waals surface area contributed by atoms with E-state index in [1.165, 1.54) is 11.8 Å². The van der Waals surface area contributed by atoms with E-state index < -0.39 is 16.8 Å². The molecule has 1 amide bonds. The topological polar surface area (TPSA) is 75.6 Å². The number of aliphatic carboxylic acids is 1.